The minimum atomic E-state index is -0.248. The lowest BCUT2D eigenvalue weighted by molar-refractivity contribution is -0.118. The van der Waals surface area contributed by atoms with Crippen LogP contribution in [-0.4, -0.2) is 18.4 Å². The van der Waals surface area contributed by atoms with E-state index in [1.165, 1.54) is 11.1 Å². The molecule has 0 spiro atoms. The van der Waals surface area contributed by atoms with Crippen molar-refractivity contribution in [1.82, 2.24) is 0 Å². The van der Waals surface area contributed by atoms with E-state index in [1.807, 2.05) is 48.5 Å². The number of nitrogens with one attached hydrogen (secondary N) is 2. The summed E-state index contributed by atoms with van der Waals surface area (Å²) < 4.78 is 5.59. The van der Waals surface area contributed by atoms with E-state index >= 15 is 0 Å². The molecule has 0 bridgehead atoms. The first-order chi connectivity index (χ1) is 16.2. The molecule has 0 unspecified atom stereocenters. The van der Waals surface area contributed by atoms with E-state index in [0.717, 1.165) is 6.42 Å². The average Bonchev–Trinajstić information content (AvgIpc) is 2.83. The van der Waals surface area contributed by atoms with Crippen LogP contribution >= 0.6 is 0 Å². The third kappa shape index (κ3) is 6.95. The number of benzene rings is 3. The van der Waals surface area contributed by atoms with Crippen LogP contribution in [0.1, 0.15) is 68.4 Å². The van der Waals surface area contributed by atoms with Gasteiger partial charge in [0.05, 0.1) is 0 Å². The summed E-state index contributed by atoms with van der Waals surface area (Å²) in [6.07, 6.45) is 1.08. The molecule has 0 saturated heterocycles. The van der Waals surface area contributed by atoms with Crippen LogP contribution in [0.4, 0.5) is 11.4 Å². The molecule has 0 aromatic heterocycles. The van der Waals surface area contributed by atoms with Gasteiger partial charge >= 0.3 is 0 Å². The Hall–Kier alpha value is -3.60. The summed E-state index contributed by atoms with van der Waals surface area (Å²) in [6.45, 7) is 10.7. The van der Waals surface area contributed by atoms with Crippen molar-refractivity contribution < 1.29 is 14.3 Å². The van der Waals surface area contributed by atoms with Gasteiger partial charge in [-0.1, -0.05) is 58.9 Å². The highest BCUT2D eigenvalue weighted by atomic mass is 16.5. The molecule has 0 heterocycles. The van der Waals surface area contributed by atoms with E-state index in [9.17, 15) is 9.59 Å². The molecule has 3 aromatic carbocycles. The Kier molecular flexibility index (Phi) is 8.11. The van der Waals surface area contributed by atoms with E-state index < -0.39 is 0 Å². The molecular weight excluding hydrogens is 424 g/mol. The Labute approximate surface area is 202 Å². The van der Waals surface area contributed by atoms with E-state index in [4.69, 9.17) is 4.74 Å². The molecule has 2 amide bonds. The molecule has 0 aliphatic carbocycles. The lowest BCUT2D eigenvalue weighted by Crippen LogP contribution is -2.20. The summed E-state index contributed by atoms with van der Waals surface area (Å²) in [5.74, 6) is 0.738. The van der Waals surface area contributed by atoms with Crippen LogP contribution in [0.5, 0.6) is 5.75 Å². The molecule has 3 aromatic rings. The lowest BCUT2D eigenvalue weighted by Gasteiger charge is -2.19. The Bertz CT molecular complexity index is 1100. The van der Waals surface area contributed by atoms with Gasteiger partial charge < -0.3 is 15.4 Å². The van der Waals surface area contributed by atoms with Gasteiger partial charge in [0.15, 0.2) is 6.61 Å². The summed E-state index contributed by atoms with van der Waals surface area (Å²) in [5.41, 5.74) is 4.36. The quantitative estimate of drug-likeness (QED) is 0.391. The summed E-state index contributed by atoms with van der Waals surface area (Å²) in [7, 11) is 0. The van der Waals surface area contributed by atoms with Gasteiger partial charge in [-0.05, 0) is 77.4 Å². The highest BCUT2D eigenvalue weighted by Crippen LogP contribution is 2.23. The third-order valence-corrected chi connectivity index (χ3v) is 5.87. The normalized spacial score (nSPS) is 12.0. The van der Waals surface area contributed by atoms with Crippen molar-refractivity contribution in [3.05, 3.63) is 89.5 Å². The minimum absolute atomic E-state index is 0.0400. The Balaban J connectivity index is 1.49. The molecule has 5 heteroatoms. The van der Waals surface area contributed by atoms with Gasteiger partial charge in [0, 0.05) is 16.9 Å². The van der Waals surface area contributed by atoms with Gasteiger partial charge in [0.1, 0.15) is 5.75 Å². The SMILES string of the molecule is CC[C@H](C)c1ccc(OCC(=O)Nc2ccc(NC(=O)c3ccc(C(C)(C)C)cc3)cc2)cc1. The Morgan fingerprint density at radius 1 is 0.824 bits per heavy atom. The second-order valence-electron chi connectivity index (χ2n) is 9.57. The zero-order valence-electron chi connectivity index (χ0n) is 20.6. The molecule has 178 valence electrons. The lowest BCUT2D eigenvalue weighted by atomic mass is 9.87. The predicted octanol–water partition coefficient (Wildman–Crippen LogP) is 6.77. The van der Waals surface area contributed by atoms with E-state index in [0.29, 0.717) is 28.6 Å². The smallest absolute Gasteiger partial charge is 0.262 e. The molecule has 0 radical (unpaired) electrons. The molecule has 0 aliphatic rings. The molecule has 3 rings (SSSR count). The summed E-state index contributed by atoms with van der Waals surface area (Å²) >= 11 is 0. The zero-order chi connectivity index (χ0) is 24.7. The fraction of sp³-hybridized carbons (Fsp3) is 0.310. The summed E-state index contributed by atoms with van der Waals surface area (Å²) in [5, 5.41) is 5.69. The van der Waals surface area contributed by atoms with Crippen molar-refractivity contribution in [1.29, 1.82) is 0 Å². The molecule has 34 heavy (non-hydrogen) atoms. The maximum Gasteiger partial charge on any atom is 0.262 e. The van der Waals surface area contributed by atoms with Crippen molar-refractivity contribution in [2.45, 2.75) is 52.4 Å². The van der Waals surface area contributed by atoms with Crippen LogP contribution in [0, 0.1) is 0 Å². The number of rotatable bonds is 8. The van der Waals surface area contributed by atoms with Gasteiger partial charge in [0.25, 0.3) is 11.8 Å². The number of amides is 2. The van der Waals surface area contributed by atoms with Crippen molar-refractivity contribution >= 4 is 23.2 Å². The summed E-state index contributed by atoms with van der Waals surface area (Å²) in [6, 6.07) is 22.5. The molecular formula is C29H34N2O3. The molecule has 1 atom stereocenters. The van der Waals surface area contributed by atoms with E-state index in [-0.39, 0.29) is 23.8 Å². The fourth-order valence-corrected chi connectivity index (χ4v) is 3.44. The maximum atomic E-state index is 12.5. The van der Waals surface area contributed by atoms with Gasteiger partial charge in [-0.3, -0.25) is 9.59 Å². The first kappa shape index (κ1) is 25.0. The van der Waals surface area contributed by atoms with E-state index in [2.05, 4.69) is 45.3 Å². The third-order valence-electron chi connectivity index (χ3n) is 5.87. The average molecular weight is 459 g/mol. The van der Waals surface area contributed by atoms with Crippen molar-refractivity contribution in [2.75, 3.05) is 17.2 Å². The Morgan fingerprint density at radius 2 is 1.38 bits per heavy atom. The predicted molar refractivity (Wildman–Crippen MR) is 139 cm³/mol. The molecule has 0 fully saturated rings. The second kappa shape index (κ2) is 11.0. The minimum Gasteiger partial charge on any atom is -0.484 e. The number of anilines is 2. The van der Waals surface area contributed by atoms with Crippen LogP contribution in [0.25, 0.3) is 0 Å². The standard InChI is InChI=1S/C29H34N2O3/c1-6-20(2)21-9-17-26(18-10-21)34-19-27(32)30-24-13-15-25(16-14-24)31-28(33)22-7-11-23(12-8-22)29(3,4)5/h7-18,20H,6,19H2,1-5H3,(H,30,32)(H,31,33)/t20-/m0/s1. The monoisotopic (exact) mass is 458 g/mol. The largest absolute Gasteiger partial charge is 0.484 e. The second-order valence-corrected chi connectivity index (χ2v) is 9.57. The van der Waals surface area contributed by atoms with Crippen LogP contribution in [0.2, 0.25) is 0 Å². The topological polar surface area (TPSA) is 67.4 Å². The van der Waals surface area contributed by atoms with E-state index in [1.54, 1.807) is 24.3 Å². The molecule has 0 aliphatic heterocycles. The number of ether oxygens (including phenoxy) is 1. The summed E-state index contributed by atoms with van der Waals surface area (Å²) in [4.78, 5) is 24.8. The highest BCUT2D eigenvalue weighted by molar-refractivity contribution is 6.04. The molecule has 0 saturated carbocycles. The van der Waals surface area contributed by atoms with Crippen LogP contribution in [0.15, 0.2) is 72.8 Å². The van der Waals surface area contributed by atoms with Gasteiger partial charge in [-0.15, -0.1) is 0 Å². The fourth-order valence-electron chi connectivity index (χ4n) is 3.44. The first-order valence-electron chi connectivity index (χ1n) is 11.7. The van der Waals surface area contributed by atoms with Crippen LogP contribution < -0.4 is 15.4 Å². The zero-order valence-corrected chi connectivity index (χ0v) is 20.6. The van der Waals surface area contributed by atoms with Crippen LogP contribution in [0.3, 0.4) is 0 Å². The van der Waals surface area contributed by atoms with Crippen molar-refractivity contribution in [3.8, 4) is 5.75 Å². The van der Waals surface area contributed by atoms with Crippen molar-refractivity contribution in [3.63, 3.8) is 0 Å². The molecule has 2 N–H and O–H groups in total. The molecule has 5 nitrogen and oxygen atoms in total. The van der Waals surface area contributed by atoms with Gasteiger partial charge in [-0.25, -0.2) is 0 Å². The Morgan fingerprint density at radius 3 is 1.91 bits per heavy atom. The number of hydrogen-bond donors (Lipinski definition) is 2. The number of hydrogen-bond acceptors (Lipinski definition) is 3. The van der Waals surface area contributed by atoms with Gasteiger partial charge in [-0.2, -0.15) is 0 Å². The maximum absolute atomic E-state index is 12.5. The van der Waals surface area contributed by atoms with Crippen molar-refractivity contribution in [2.24, 2.45) is 0 Å². The highest BCUT2D eigenvalue weighted by Gasteiger charge is 2.14. The van der Waals surface area contributed by atoms with Gasteiger partial charge in [0.2, 0.25) is 0 Å². The number of carbonyl (C=O) groups is 2. The number of carbonyl (C=O) groups excluding carboxylic acids is 2. The first-order valence-corrected chi connectivity index (χ1v) is 11.7. The van der Waals surface area contributed by atoms with Crippen LogP contribution in [-0.2, 0) is 10.2 Å².